The van der Waals surface area contributed by atoms with E-state index in [1.165, 1.54) is 84.0 Å². The van der Waals surface area contributed by atoms with Gasteiger partial charge in [0.2, 0.25) is 0 Å². The predicted molar refractivity (Wildman–Crippen MR) is 171 cm³/mol. The number of carbonyl (C=O) groups excluding carboxylic acids is 1. The molecule has 4 aromatic rings. The molecule has 0 atom stereocenters. The second-order valence-electron chi connectivity index (χ2n) is 11.9. The molecule has 2 fully saturated rings. The van der Waals surface area contributed by atoms with Crippen LogP contribution < -0.4 is 0 Å². The van der Waals surface area contributed by atoms with Crippen LogP contribution in [0.3, 0.4) is 0 Å². The van der Waals surface area contributed by atoms with Crippen molar-refractivity contribution < 1.29 is 30.0 Å². The number of fused-ring (bicyclic) bond motifs is 1. The number of aliphatic hydroxyl groups excluding tert-OH is 1. The zero-order valence-corrected chi connectivity index (χ0v) is 26.2. The Morgan fingerprint density at radius 2 is 1.45 bits per heavy atom. The van der Waals surface area contributed by atoms with Gasteiger partial charge in [0.25, 0.3) is 0 Å². The molecule has 4 heteroatoms. The van der Waals surface area contributed by atoms with Crippen molar-refractivity contribution in [2.45, 2.75) is 90.9 Å². The van der Waals surface area contributed by atoms with E-state index in [4.69, 9.17) is 4.98 Å². The van der Waals surface area contributed by atoms with E-state index in [2.05, 4.69) is 60.8 Å². The fraction of sp³-hybridized carbons (Fsp3) is 0.421. The molecule has 0 bridgehead atoms. The molecule has 0 amide bonds. The van der Waals surface area contributed by atoms with E-state index in [0.29, 0.717) is 5.76 Å². The number of rotatable bonds is 4. The minimum atomic E-state index is 0. The van der Waals surface area contributed by atoms with E-state index < -0.39 is 0 Å². The quantitative estimate of drug-likeness (QED) is 0.129. The average Bonchev–Trinajstić information content (AvgIpc) is 3.02. The molecular weight excluding hydrogens is 695 g/mol. The van der Waals surface area contributed by atoms with E-state index in [-0.39, 0.29) is 45.2 Å². The summed E-state index contributed by atoms with van der Waals surface area (Å²) in [5, 5.41) is 15.2. The number of benzene rings is 3. The third-order valence-electron chi connectivity index (χ3n) is 9.25. The van der Waals surface area contributed by atoms with Gasteiger partial charge in [0.05, 0.1) is 5.76 Å². The number of nitrogens with zero attached hydrogens (tertiary/aromatic N) is 1. The maximum absolute atomic E-state index is 12.0. The molecule has 3 aliphatic carbocycles. The summed E-state index contributed by atoms with van der Waals surface area (Å²) in [5.74, 6) is 0.985. The summed E-state index contributed by atoms with van der Waals surface area (Å²) < 4.78 is 0. The number of aryl methyl sites for hydroxylation is 2. The molecule has 1 heterocycles. The summed E-state index contributed by atoms with van der Waals surface area (Å²) in [4.78, 5) is 16.9. The fourth-order valence-electron chi connectivity index (χ4n) is 7.05. The first-order chi connectivity index (χ1) is 19.7. The van der Waals surface area contributed by atoms with E-state index in [0.717, 1.165) is 43.4 Å². The predicted octanol–water partition coefficient (Wildman–Crippen LogP) is 10.1. The molecule has 0 aliphatic heterocycles. The molecular formula is C38H44IrNO2-. The van der Waals surface area contributed by atoms with Gasteiger partial charge >= 0.3 is 0 Å². The second-order valence-corrected chi connectivity index (χ2v) is 11.9. The van der Waals surface area contributed by atoms with Crippen molar-refractivity contribution in [2.75, 3.05) is 0 Å². The molecule has 1 aromatic heterocycles. The van der Waals surface area contributed by atoms with Gasteiger partial charge in [0.15, 0.2) is 5.78 Å². The fourth-order valence-corrected chi connectivity index (χ4v) is 7.05. The normalized spacial score (nSPS) is 17.5. The van der Waals surface area contributed by atoms with Gasteiger partial charge in [0.1, 0.15) is 0 Å². The number of carbonyl (C=O) groups is 1. The van der Waals surface area contributed by atoms with Crippen LogP contribution in [0, 0.1) is 17.9 Å². The molecule has 3 aliphatic rings. The Morgan fingerprint density at radius 1 is 0.786 bits per heavy atom. The number of hydrogen-bond acceptors (Lipinski definition) is 3. The monoisotopic (exact) mass is 739 g/mol. The average molecular weight is 739 g/mol. The summed E-state index contributed by atoms with van der Waals surface area (Å²) in [6.45, 7) is 0. The summed E-state index contributed by atoms with van der Waals surface area (Å²) in [5.41, 5.74) is 5.03. The largest absolute Gasteiger partial charge is 0.512 e. The standard InChI is InChI=1S/C22H16N.C15H24O2.CH4.Ir/c1-2-11-18-15(6-1)7-4-12-19(18)22-20-13-5-9-16-8-3-10-17(14-23-22)21(16)20;16-14(12-7-3-1-4-8-12)11-15(17)13-9-5-2-6-10-13;;/h1-2,4-7,9,11,13-14H,3,8,10H2;11-13,16H,1-10H2;1H4;/q-1;;;. The van der Waals surface area contributed by atoms with Gasteiger partial charge in [-0.05, 0) is 72.5 Å². The van der Waals surface area contributed by atoms with Crippen molar-refractivity contribution >= 4 is 27.3 Å². The number of allylic oxidation sites excluding steroid dienone is 2. The van der Waals surface area contributed by atoms with Crippen molar-refractivity contribution in [1.82, 2.24) is 4.98 Å². The maximum Gasteiger partial charge on any atom is 0.162 e. The minimum absolute atomic E-state index is 0. The number of aliphatic hydroxyl groups is 1. The molecule has 7 rings (SSSR count). The van der Waals surface area contributed by atoms with Crippen LogP contribution in [0.2, 0.25) is 0 Å². The van der Waals surface area contributed by atoms with E-state index in [1.807, 2.05) is 6.07 Å². The van der Waals surface area contributed by atoms with Gasteiger partial charge in [0, 0.05) is 44.2 Å². The van der Waals surface area contributed by atoms with Crippen molar-refractivity contribution in [3.05, 3.63) is 89.8 Å². The Kier molecular flexibility index (Phi) is 11.5. The summed E-state index contributed by atoms with van der Waals surface area (Å²) >= 11 is 0. The first kappa shape index (κ1) is 32.1. The molecule has 3 nitrogen and oxygen atoms in total. The van der Waals surface area contributed by atoms with Crippen LogP contribution in [0.4, 0.5) is 0 Å². The maximum atomic E-state index is 12.0. The van der Waals surface area contributed by atoms with Crippen molar-refractivity contribution in [3.8, 4) is 11.3 Å². The van der Waals surface area contributed by atoms with Crippen LogP contribution in [0.15, 0.2) is 72.6 Å². The zero-order chi connectivity index (χ0) is 27.3. The van der Waals surface area contributed by atoms with Crippen LogP contribution >= 0.6 is 0 Å². The van der Waals surface area contributed by atoms with Crippen LogP contribution in [0.25, 0.3) is 32.8 Å². The SMILES string of the molecule is C.O=C(C=C(O)C1CCCCC1)C1CCCCC1.[Ir].[c-]1ccc2ccccc2c1-c1ncc2c3c(cccc13)CCC2. The van der Waals surface area contributed by atoms with Crippen LogP contribution in [0.5, 0.6) is 0 Å². The van der Waals surface area contributed by atoms with Crippen molar-refractivity contribution in [1.29, 1.82) is 0 Å². The Balaban J connectivity index is 0.000000193. The molecule has 0 unspecified atom stereocenters. The Labute approximate surface area is 265 Å². The molecule has 0 spiro atoms. The first-order valence-corrected chi connectivity index (χ1v) is 15.4. The van der Waals surface area contributed by atoms with Crippen molar-refractivity contribution in [2.24, 2.45) is 11.8 Å². The molecule has 2 saturated carbocycles. The molecule has 42 heavy (non-hydrogen) atoms. The van der Waals surface area contributed by atoms with Gasteiger partial charge in [-0.1, -0.05) is 93.8 Å². The summed E-state index contributed by atoms with van der Waals surface area (Å²) in [7, 11) is 0. The smallest absolute Gasteiger partial charge is 0.162 e. The van der Waals surface area contributed by atoms with E-state index in [1.54, 1.807) is 6.08 Å². The molecule has 1 N–H and O–H groups in total. The molecule has 223 valence electrons. The third kappa shape index (κ3) is 7.04. The summed E-state index contributed by atoms with van der Waals surface area (Å²) in [6, 6.07) is 22.7. The second kappa shape index (κ2) is 15.1. The molecule has 0 saturated heterocycles. The van der Waals surface area contributed by atoms with Gasteiger partial charge in [-0.15, -0.1) is 29.1 Å². The van der Waals surface area contributed by atoms with Crippen LogP contribution in [-0.4, -0.2) is 15.9 Å². The topological polar surface area (TPSA) is 50.2 Å². The minimum Gasteiger partial charge on any atom is -0.512 e. The van der Waals surface area contributed by atoms with Crippen molar-refractivity contribution in [3.63, 3.8) is 0 Å². The van der Waals surface area contributed by atoms with Gasteiger partial charge < -0.3 is 10.1 Å². The Morgan fingerprint density at radius 3 is 2.21 bits per heavy atom. The van der Waals surface area contributed by atoms with E-state index in [9.17, 15) is 9.90 Å². The molecule has 3 aromatic carbocycles. The zero-order valence-electron chi connectivity index (χ0n) is 23.8. The van der Waals surface area contributed by atoms with Gasteiger partial charge in [-0.25, -0.2) is 0 Å². The number of ketones is 1. The number of hydrogen-bond donors (Lipinski definition) is 1. The Hall–Kier alpha value is -2.81. The summed E-state index contributed by atoms with van der Waals surface area (Å²) in [6.07, 6.45) is 18.6. The Bertz CT molecular complexity index is 1510. The first-order valence-electron chi connectivity index (χ1n) is 15.4. The van der Waals surface area contributed by atoms with Crippen LogP contribution in [0.1, 0.15) is 89.2 Å². The van der Waals surface area contributed by atoms with Crippen LogP contribution in [-0.2, 0) is 37.7 Å². The van der Waals surface area contributed by atoms with Gasteiger partial charge in [-0.2, -0.15) is 0 Å². The molecule has 1 radical (unpaired) electrons. The van der Waals surface area contributed by atoms with Gasteiger partial charge in [-0.3, -0.25) is 4.79 Å². The van der Waals surface area contributed by atoms with E-state index >= 15 is 0 Å². The third-order valence-corrected chi connectivity index (χ3v) is 9.25. The number of aromatic nitrogens is 1. The number of pyridine rings is 1.